The first-order valence-corrected chi connectivity index (χ1v) is 7.95. The van der Waals surface area contributed by atoms with Crippen molar-refractivity contribution in [3.05, 3.63) is 0 Å². The third-order valence-corrected chi connectivity index (χ3v) is 5.75. The largest absolute Gasteiger partial charge is 0.316 e. The molecule has 0 aromatic rings. The summed E-state index contributed by atoms with van der Waals surface area (Å²) in [5, 5.41) is 3.40. The Morgan fingerprint density at radius 3 is 2.62 bits per heavy atom. The number of nitrogens with zero attached hydrogens (tertiary/aromatic N) is 1. The molecule has 3 atom stereocenters. The summed E-state index contributed by atoms with van der Waals surface area (Å²) in [6.07, 6.45) is 0. The van der Waals surface area contributed by atoms with Gasteiger partial charge in [-0.15, -0.1) is 0 Å². The molecule has 2 fully saturated rings. The Kier molecular flexibility index (Phi) is 3.56. The molecular formula is C11H22N2O2S. The van der Waals surface area contributed by atoms with E-state index in [0.717, 1.165) is 19.6 Å². The SMILES string of the molecule is CC1CS(=O)(=O)CCN1C[C@@H]1CNC[C@H]1C. The Bertz CT molecular complexity index is 342. The van der Waals surface area contributed by atoms with E-state index in [0.29, 0.717) is 29.9 Å². The van der Waals surface area contributed by atoms with Crippen LogP contribution in [-0.4, -0.2) is 57.0 Å². The van der Waals surface area contributed by atoms with Crippen LogP contribution in [0.4, 0.5) is 0 Å². The fourth-order valence-corrected chi connectivity index (χ4v) is 4.34. The first-order valence-electron chi connectivity index (χ1n) is 6.13. The maximum Gasteiger partial charge on any atom is 0.153 e. The molecule has 2 aliphatic heterocycles. The van der Waals surface area contributed by atoms with E-state index >= 15 is 0 Å². The van der Waals surface area contributed by atoms with Gasteiger partial charge in [0.05, 0.1) is 11.5 Å². The van der Waals surface area contributed by atoms with Crippen molar-refractivity contribution in [1.29, 1.82) is 0 Å². The molecule has 2 rings (SSSR count). The Labute approximate surface area is 98.3 Å². The van der Waals surface area contributed by atoms with Crippen LogP contribution in [0.1, 0.15) is 13.8 Å². The summed E-state index contributed by atoms with van der Waals surface area (Å²) < 4.78 is 22.9. The molecule has 94 valence electrons. The lowest BCUT2D eigenvalue weighted by atomic mass is 9.97. The van der Waals surface area contributed by atoms with Gasteiger partial charge in [-0.25, -0.2) is 8.42 Å². The van der Waals surface area contributed by atoms with Gasteiger partial charge in [0.25, 0.3) is 0 Å². The zero-order valence-corrected chi connectivity index (χ0v) is 11.0. The number of rotatable bonds is 2. The average molecular weight is 246 g/mol. The molecule has 0 amide bonds. The van der Waals surface area contributed by atoms with Gasteiger partial charge in [0.1, 0.15) is 0 Å². The molecule has 0 radical (unpaired) electrons. The molecule has 0 saturated carbocycles. The van der Waals surface area contributed by atoms with E-state index < -0.39 is 9.84 Å². The van der Waals surface area contributed by atoms with Crippen LogP contribution < -0.4 is 5.32 Å². The van der Waals surface area contributed by atoms with Gasteiger partial charge in [0, 0.05) is 19.1 Å². The van der Waals surface area contributed by atoms with Gasteiger partial charge in [-0.2, -0.15) is 0 Å². The van der Waals surface area contributed by atoms with Crippen molar-refractivity contribution in [2.75, 3.05) is 37.7 Å². The van der Waals surface area contributed by atoms with Gasteiger partial charge in [0.15, 0.2) is 9.84 Å². The minimum Gasteiger partial charge on any atom is -0.316 e. The van der Waals surface area contributed by atoms with Crippen LogP contribution in [-0.2, 0) is 9.84 Å². The summed E-state index contributed by atoms with van der Waals surface area (Å²) in [5.41, 5.74) is 0. The second-order valence-electron chi connectivity index (χ2n) is 5.35. The molecule has 0 aromatic heterocycles. The summed E-state index contributed by atoms with van der Waals surface area (Å²) >= 11 is 0. The lowest BCUT2D eigenvalue weighted by molar-refractivity contribution is 0.182. The third kappa shape index (κ3) is 2.76. The van der Waals surface area contributed by atoms with Crippen LogP contribution >= 0.6 is 0 Å². The average Bonchev–Trinajstić information content (AvgIpc) is 2.56. The van der Waals surface area contributed by atoms with E-state index in [-0.39, 0.29) is 6.04 Å². The van der Waals surface area contributed by atoms with Gasteiger partial charge in [-0.05, 0) is 31.8 Å². The van der Waals surface area contributed by atoms with Crippen LogP contribution in [0.5, 0.6) is 0 Å². The molecule has 0 aromatic carbocycles. The minimum absolute atomic E-state index is 0.187. The highest BCUT2D eigenvalue weighted by molar-refractivity contribution is 7.91. The molecule has 2 saturated heterocycles. The molecule has 0 aliphatic carbocycles. The molecule has 0 spiro atoms. The summed E-state index contributed by atoms with van der Waals surface area (Å²) in [5.74, 6) is 2.07. The number of nitrogens with one attached hydrogen (secondary N) is 1. The summed E-state index contributed by atoms with van der Waals surface area (Å²) in [4.78, 5) is 2.34. The number of sulfone groups is 1. The second kappa shape index (κ2) is 4.63. The second-order valence-corrected chi connectivity index (χ2v) is 7.58. The number of hydrogen-bond acceptors (Lipinski definition) is 4. The van der Waals surface area contributed by atoms with Crippen LogP contribution in [0, 0.1) is 11.8 Å². The highest BCUT2D eigenvalue weighted by Crippen LogP contribution is 2.20. The predicted octanol–water partition coefficient (Wildman–Crippen LogP) is -0.0392. The summed E-state index contributed by atoms with van der Waals surface area (Å²) in [6.45, 7) is 8.25. The molecule has 16 heavy (non-hydrogen) atoms. The van der Waals surface area contributed by atoms with Crippen LogP contribution in [0.3, 0.4) is 0 Å². The normalized spacial score (nSPS) is 40.0. The van der Waals surface area contributed by atoms with Crippen molar-refractivity contribution < 1.29 is 8.42 Å². The van der Waals surface area contributed by atoms with Crippen molar-refractivity contribution >= 4 is 9.84 Å². The molecule has 2 aliphatic rings. The quantitative estimate of drug-likeness (QED) is 0.743. The zero-order chi connectivity index (χ0) is 11.8. The van der Waals surface area contributed by atoms with Crippen molar-refractivity contribution in [1.82, 2.24) is 10.2 Å². The Balaban J connectivity index is 1.91. The van der Waals surface area contributed by atoms with E-state index in [1.54, 1.807) is 0 Å². The van der Waals surface area contributed by atoms with Crippen molar-refractivity contribution in [3.63, 3.8) is 0 Å². The Morgan fingerprint density at radius 2 is 2.06 bits per heavy atom. The fraction of sp³-hybridized carbons (Fsp3) is 1.00. The van der Waals surface area contributed by atoms with Crippen LogP contribution in [0.2, 0.25) is 0 Å². The topological polar surface area (TPSA) is 49.4 Å². The van der Waals surface area contributed by atoms with Crippen molar-refractivity contribution in [2.24, 2.45) is 11.8 Å². The third-order valence-electron chi connectivity index (χ3n) is 3.95. The summed E-state index contributed by atoms with van der Waals surface area (Å²) in [7, 11) is -2.77. The van der Waals surface area contributed by atoms with Gasteiger partial charge >= 0.3 is 0 Å². The highest BCUT2D eigenvalue weighted by Gasteiger charge is 2.32. The monoisotopic (exact) mass is 246 g/mol. The van der Waals surface area contributed by atoms with Crippen LogP contribution in [0.25, 0.3) is 0 Å². The van der Waals surface area contributed by atoms with E-state index in [4.69, 9.17) is 0 Å². The van der Waals surface area contributed by atoms with Gasteiger partial charge in [-0.1, -0.05) is 6.92 Å². The Hall–Kier alpha value is -0.130. The maximum atomic E-state index is 11.5. The first-order chi connectivity index (χ1) is 7.48. The smallest absolute Gasteiger partial charge is 0.153 e. The first kappa shape index (κ1) is 12.3. The minimum atomic E-state index is -2.77. The highest BCUT2D eigenvalue weighted by atomic mass is 32.2. The molecule has 5 heteroatoms. The lowest BCUT2D eigenvalue weighted by Gasteiger charge is -2.35. The molecule has 1 N–H and O–H groups in total. The number of hydrogen-bond donors (Lipinski definition) is 1. The lowest BCUT2D eigenvalue weighted by Crippen LogP contribution is -2.49. The molecule has 4 nitrogen and oxygen atoms in total. The van der Waals surface area contributed by atoms with Gasteiger partial charge < -0.3 is 5.32 Å². The fourth-order valence-electron chi connectivity index (χ4n) is 2.71. The van der Waals surface area contributed by atoms with E-state index in [1.165, 1.54) is 0 Å². The van der Waals surface area contributed by atoms with E-state index in [2.05, 4.69) is 17.1 Å². The molecule has 0 bridgehead atoms. The van der Waals surface area contributed by atoms with Crippen molar-refractivity contribution in [2.45, 2.75) is 19.9 Å². The zero-order valence-electron chi connectivity index (χ0n) is 10.1. The molecular weight excluding hydrogens is 224 g/mol. The molecule has 1 unspecified atom stereocenters. The van der Waals surface area contributed by atoms with E-state index in [9.17, 15) is 8.42 Å². The van der Waals surface area contributed by atoms with Crippen molar-refractivity contribution in [3.8, 4) is 0 Å². The Morgan fingerprint density at radius 1 is 1.31 bits per heavy atom. The molecule has 2 heterocycles. The standard InChI is InChI=1S/C11H22N2O2S/c1-9-5-12-6-11(9)7-13-3-4-16(14,15)8-10(13)2/h9-12H,3-8H2,1-2H3/t9-,10?,11+/m1/s1. The van der Waals surface area contributed by atoms with E-state index in [1.807, 2.05) is 6.92 Å². The summed E-state index contributed by atoms with van der Waals surface area (Å²) in [6, 6.07) is 0.187. The van der Waals surface area contributed by atoms with Crippen LogP contribution in [0.15, 0.2) is 0 Å². The van der Waals surface area contributed by atoms with Gasteiger partial charge in [-0.3, -0.25) is 4.90 Å². The maximum absolute atomic E-state index is 11.5. The predicted molar refractivity (Wildman–Crippen MR) is 65.2 cm³/mol. The van der Waals surface area contributed by atoms with Gasteiger partial charge in [0.2, 0.25) is 0 Å².